The van der Waals surface area contributed by atoms with Crippen molar-refractivity contribution in [3.63, 3.8) is 0 Å². The molecule has 0 saturated carbocycles. The molecule has 0 bridgehead atoms. The van der Waals surface area contributed by atoms with E-state index in [-0.39, 0.29) is 22.2 Å². The summed E-state index contributed by atoms with van der Waals surface area (Å²) in [6, 6.07) is 7.87. The number of amides is 1. The monoisotopic (exact) mass is 353 g/mol. The summed E-state index contributed by atoms with van der Waals surface area (Å²) in [5, 5.41) is 14.7. The van der Waals surface area contributed by atoms with E-state index in [9.17, 15) is 4.79 Å². The fourth-order valence-corrected chi connectivity index (χ4v) is 3.23. The van der Waals surface area contributed by atoms with Crippen LogP contribution in [-0.2, 0) is 11.2 Å². The average Bonchev–Trinajstić information content (AvgIpc) is 2.48. The smallest absolute Gasteiger partial charge is 0.230 e. The number of aryl methyl sites for hydroxylation is 1. The molecule has 0 unspecified atom stereocenters. The number of likely N-dealkylation sites (N-methyl/N-ethyl adjacent to an activating group) is 1. The van der Waals surface area contributed by atoms with Crippen LogP contribution in [0.5, 0.6) is 0 Å². The number of rotatable bonds is 7. The van der Waals surface area contributed by atoms with Gasteiger partial charge in [-0.2, -0.15) is 0 Å². The molecule has 1 atom stereocenters. The summed E-state index contributed by atoms with van der Waals surface area (Å²) in [5.74, 6) is 0.888. The molecule has 0 aromatic heterocycles. The lowest BCUT2D eigenvalue weighted by molar-refractivity contribution is -0.129. The van der Waals surface area contributed by atoms with Gasteiger partial charge in [0.05, 0.1) is 5.92 Å². The first-order valence-corrected chi connectivity index (χ1v) is 9.02. The van der Waals surface area contributed by atoms with E-state index in [1.807, 2.05) is 24.3 Å². The van der Waals surface area contributed by atoms with Gasteiger partial charge in [-0.3, -0.25) is 15.6 Å². The molecule has 0 aliphatic carbocycles. The van der Waals surface area contributed by atoms with Gasteiger partial charge < -0.3 is 16.4 Å². The third-order valence-electron chi connectivity index (χ3n) is 3.17. The van der Waals surface area contributed by atoms with E-state index in [4.69, 9.17) is 22.3 Å². The number of thioether (sulfide) groups is 2. The van der Waals surface area contributed by atoms with Crippen molar-refractivity contribution in [3.05, 3.63) is 35.4 Å². The van der Waals surface area contributed by atoms with Crippen molar-refractivity contribution < 1.29 is 4.79 Å². The number of hydrogen-bond donors (Lipinski definition) is 4. The molecule has 1 rings (SSSR count). The van der Waals surface area contributed by atoms with E-state index in [1.165, 1.54) is 23.5 Å². The Labute approximate surface area is 145 Å². The van der Waals surface area contributed by atoms with Crippen LogP contribution in [0.1, 0.15) is 17.0 Å². The highest BCUT2D eigenvalue weighted by molar-refractivity contribution is 8.13. The highest BCUT2D eigenvalue weighted by Crippen LogP contribution is 2.23. The molecule has 0 fully saturated rings. The molecule has 6 N–H and O–H groups in total. The lowest BCUT2D eigenvalue weighted by atomic mass is 9.98. The number of carbonyl (C=O) groups excluding carboxylic acids is 1. The van der Waals surface area contributed by atoms with Crippen LogP contribution in [0.4, 0.5) is 0 Å². The predicted octanol–water partition coefficient (Wildman–Crippen LogP) is 1.65. The van der Waals surface area contributed by atoms with Crippen LogP contribution < -0.4 is 11.5 Å². The number of benzene rings is 1. The third-order valence-corrected chi connectivity index (χ3v) is 4.71. The molecule has 1 amide bonds. The second-order valence-electron chi connectivity index (χ2n) is 5.16. The van der Waals surface area contributed by atoms with Crippen molar-refractivity contribution in [1.29, 1.82) is 10.8 Å². The van der Waals surface area contributed by atoms with Crippen molar-refractivity contribution in [1.82, 2.24) is 4.90 Å². The Morgan fingerprint density at radius 1 is 1.13 bits per heavy atom. The SMILES string of the molecule is CN(C)C(=O)[C@@H](CSC(=N)N)c1ccc(CCSC(=N)N)cc1. The zero-order chi connectivity index (χ0) is 17.4. The molecule has 23 heavy (non-hydrogen) atoms. The van der Waals surface area contributed by atoms with Gasteiger partial charge in [-0.1, -0.05) is 47.8 Å². The van der Waals surface area contributed by atoms with Crippen LogP contribution in [0.15, 0.2) is 24.3 Å². The van der Waals surface area contributed by atoms with Gasteiger partial charge in [-0.25, -0.2) is 0 Å². The average molecular weight is 354 g/mol. The van der Waals surface area contributed by atoms with Crippen LogP contribution in [-0.4, -0.2) is 46.7 Å². The van der Waals surface area contributed by atoms with Crippen LogP contribution in [0.25, 0.3) is 0 Å². The van der Waals surface area contributed by atoms with E-state index < -0.39 is 0 Å². The Balaban J connectivity index is 2.79. The third kappa shape index (κ3) is 6.96. The Kier molecular flexibility index (Phi) is 7.97. The molecule has 0 saturated heterocycles. The number of nitrogens with zero attached hydrogens (tertiary/aromatic N) is 1. The minimum Gasteiger partial charge on any atom is -0.379 e. The quantitative estimate of drug-likeness (QED) is 0.439. The number of nitrogens with one attached hydrogen (secondary N) is 2. The maximum atomic E-state index is 12.3. The zero-order valence-corrected chi connectivity index (χ0v) is 15.0. The minimum absolute atomic E-state index is 0.00126. The van der Waals surface area contributed by atoms with E-state index >= 15 is 0 Å². The summed E-state index contributed by atoms with van der Waals surface area (Å²) in [5.41, 5.74) is 12.8. The lowest BCUT2D eigenvalue weighted by Crippen LogP contribution is -2.30. The molecular weight excluding hydrogens is 330 g/mol. The molecule has 6 nitrogen and oxygen atoms in total. The minimum atomic E-state index is -0.320. The Morgan fingerprint density at radius 2 is 1.70 bits per heavy atom. The van der Waals surface area contributed by atoms with Gasteiger partial charge in [-0.15, -0.1) is 0 Å². The van der Waals surface area contributed by atoms with Gasteiger partial charge in [0.15, 0.2) is 10.3 Å². The van der Waals surface area contributed by atoms with Gasteiger partial charge in [0, 0.05) is 25.6 Å². The fourth-order valence-electron chi connectivity index (χ4n) is 1.99. The highest BCUT2D eigenvalue weighted by Gasteiger charge is 2.22. The summed E-state index contributed by atoms with van der Waals surface area (Å²) >= 11 is 2.49. The second kappa shape index (κ2) is 9.46. The van der Waals surface area contributed by atoms with E-state index in [2.05, 4.69) is 0 Å². The maximum absolute atomic E-state index is 12.3. The van der Waals surface area contributed by atoms with Crippen LogP contribution >= 0.6 is 23.5 Å². The summed E-state index contributed by atoms with van der Waals surface area (Å²) in [4.78, 5) is 13.9. The van der Waals surface area contributed by atoms with E-state index in [0.717, 1.165) is 23.3 Å². The molecule has 126 valence electrons. The highest BCUT2D eigenvalue weighted by atomic mass is 32.2. The van der Waals surface area contributed by atoms with Crippen molar-refractivity contribution in [2.75, 3.05) is 25.6 Å². The first-order chi connectivity index (χ1) is 10.8. The van der Waals surface area contributed by atoms with Crippen LogP contribution in [0, 0.1) is 10.8 Å². The summed E-state index contributed by atoms with van der Waals surface area (Å²) in [6.07, 6.45) is 0.818. The lowest BCUT2D eigenvalue weighted by Gasteiger charge is -2.20. The zero-order valence-electron chi connectivity index (χ0n) is 13.3. The van der Waals surface area contributed by atoms with Crippen molar-refractivity contribution in [2.45, 2.75) is 12.3 Å². The second-order valence-corrected chi connectivity index (χ2v) is 7.36. The fraction of sp³-hybridized carbons (Fsp3) is 0.400. The number of hydrogen-bond acceptors (Lipinski definition) is 5. The molecule has 8 heteroatoms. The van der Waals surface area contributed by atoms with Gasteiger partial charge in [0.2, 0.25) is 5.91 Å². The molecule has 1 aromatic carbocycles. The van der Waals surface area contributed by atoms with Crippen molar-refractivity contribution >= 4 is 39.8 Å². The largest absolute Gasteiger partial charge is 0.379 e. The Hall–Kier alpha value is -1.67. The summed E-state index contributed by atoms with van der Waals surface area (Å²) in [6.45, 7) is 0. The molecule has 0 aliphatic rings. The first-order valence-electron chi connectivity index (χ1n) is 7.05. The normalized spacial score (nSPS) is 11.7. The Bertz CT molecular complexity index is 559. The molecule has 1 aromatic rings. The van der Waals surface area contributed by atoms with Crippen LogP contribution in [0.2, 0.25) is 0 Å². The predicted molar refractivity (Wildman–Crippen MR) is 100 cm³/mol. The van der Waals surface area contributed by atoms with Crippen LogP contribution in [0.3, 0.4) is 0 Å². The van der Waals surface area contributed by atoms with E-state index in [0.29, 0.717) is 5.75 Å². The maximum Gasteiger partial charge on any atom is 0.230 e. The van der Waals surface area contributed by atoms with E-state index in [1.54, 1.807) is 19.0 Å². The first kappa shape index (κ1) is 19.4. The summed E-state index contributed by atoms with van der Waals surface area (Å²) in [7, 11) is 3.45. The topological polar surface area (TPSA) is 120 Å². The molecular formula is C15H23N5OS2. The molecule has 0 radical (unpaired) electrons. The molecule has 0 heterocycles. The number of carbonyl (C=O) groups is 1. The number of nitrogens with two attached hydrogens (primary N) is 2. The Morgan fingerprint density at radius 3 is 2.17 bits per heavy atom. The van der Waals surface area contributed by atoms with Gasteiger partial charge in [-0.05, 0) is 17.5 Å². The van der Waals surface area contributed by atoms with Gasteiger partial charge >= 0.3 is 0 Å². The van der Waals surface area contributed by atoms with Gasteiger partial charge in [0.1, 0.15) is 0 Å². The summed E-state index contributed by atoms with van der Waals surface area (Å²) < 4.78 is 0. The number of amidine groups is 2. The van der Waals surface area contributed by atoms with Gasteiger partial charge in [0.25, 0.3) is 0 Å². The standard InChI is InChI=1S/C15H23N5OS2/c1-20(2)13(21)12(9-23-15(18)19)11-5-3-10(4-6-11)7-8-22-14(16)17/h3-6,12H,7-9H2,1-2H3,(H3,16,17)(H3,18,19)/t12-/m0/s1. The molecule has 0 aliphatic heterocycles. The molecule has 0 spiro atoms. The van der Waals surface area contributed by atoms with Crippen molar-refractivity contribution in [3.8, 4) is 0 Å². The van der Waals surface area contributed by atoms with Crippen molar-refractivity contribution in [2.24, 2.45) is 11.5 Å².